The van der Waals surface area contributed by atoms with Gasteiger partial charge in [-0.25, -0.2) is 4.79 Å². The van der Waals surface area contributed by atoms with Gasteiger partial charge in [-0.1, -0.05) is 69.3 Å². The summed E-state index contributed by atoms with van der Waals surface area (Å²) >= 11 is 0. The third-order valence-corrected chi connectivity index (χ3v) is 7.53. The molecular formula is C31H32N2O6. The lowest BCUT2D eigenvalue weighted by molar-refractivity contribution is -0.0795. The second-order valence-electron chi connectivity index (χ2n) is 11.7. The molecule has 0 amide bonds. The van der Waals surface area contributed by atoms with Crippen LogP contribution in [0.2, 0.25) is 0 Å². The highest BCUT2D eigenvalue weighted by atomic mass is 16.6. The molecule has 0 bridgehead atoms. The maximum Gasteiger partial charge on any atom is 0.330 e. The van der Waals surface area contributed by atoms with E-state index in [1.165, 1.54) is 43.9 Å². The Hall–Kier alpha value is -3.56. The van der Waals surface area contributed by atoms with Gasteiger partial charge in [-0.3, -0.25) is 14.3 Å². The number of ether oxygens (including phenoxy) is 2. The fourth-order valence-corrected chi connectivity index (χ4v) is 5.87. The molecule has 2 heterocycles. The van der Waals surface area contributed by atoms with Crippen LogP contribution in [0.5, 0.6) is 0 Å². The molecule has 1 fully saturated rings. The molecule has 1 aliphatic rings. The maximum absolute atomic E-state index is 12.4. The van der Waals surface area contributed by atoms with Crippen LogP contribution >= 0.6 is 0 Å². The zero-order valence-corrected chi connectivity index (χ0v) is 22.2. The van der Waals surface area contributed by atoms with Crippen molar-refractivity contribution in [1.82, 2.24) is 9.55 Å². The van der Waals surface area contributed by atoms with Crippen molar-refractivity contribution in [2.24, 2.45) is 5.41 Å². The van der Waals surface area contributed by atoms with Crippen molar-refractivity contribution in [3.63, 3.8) is 0 Å². The minimum absolute atomic E-state index is 0.154. The fraction of sp³-hybridized carbons (Fsp3) is 0.355. The topological polar surface area (TPSA) is 114 Å². The van der Waals surface area contributed by atoms with Crippen LogP contribution in [0.25, 0.3) is 32.3 Å². The molecule has 4 aromatic carbocycles. The van der Waals surface area contributed by atoms with Crippen molar-refractivity contribution in [3.05, 3.63) is 92.8 Å². The van der Waals surface area contributed by atoms with Crippen LogP contribution in [-0.4, -0.2) is 44.7 Å². The molecule has 8 heteroatoms. The van der Waals surface area contributed by atoms with Crippen LogP contribution in [0.1, 0.15) is 38.1 Å². The first-order valence-electron chi connectivity index (χ1n) is 13.2. The first kappa shape index (κ1) is 25.7. The van der Waals surface area contributed by atoms with E-state index in [1.54, 1.807) is 0 Å². The minimum Gasteiger partial charge on any atom is -0.394 e. The van der Waals surface area contributed by atoms with Crippen molar-refractivity contribution in [1.29, 1.82) is 0 Å². The van der Waals surface area contributed by atoms with E-state index in [0.29, 0.717) is 0 Å². The van der Waals surface area contributed by atoms with E-state index in [-0.39, 0.29) is 12.0 Å². The number of benzene rings is 4. The average Bonchev–Trinajstić information content (AvgIpc) is 3.20. The van der Waals surface area contributed by atoms with E-state index in [2.05, 4.69) is 68.2 Å². The van der Waals surface area contributed by atoms with E-state index in [0.717, 1.165) is 22.8 Å². The summed E-state index contributed by atoms with van der Waals surface area (Å²) in [6.45, 7) is 6.45. The summed E-state index contributed by atoms with van der Waals surface area (Å²) in [6.07, 6.45) is -1.75. The number of nitrogens with zero attached hydrogens (tertiary/aromatic N) is 1. The van der Waals surface area contributed by atoms with Gasteiger partial charge in [0, 0.05) is 12.3 Å². The third kappa shape index (κ3) is 4.63. The molecule has 3 N–H and O–H groups in total. The lowest BCUT2D eigenvalue weighted by atomic mass is 9.85. The number of nitrogens with one attached hydrogen (secondary N) is 1. The number of aliphatic hydroxyl groups is 2. The summed E-state index contributed by atoms with van der Waals surface area (Å²) in [7, 11) is 0. The van der Waals surface area contributed by atoms with Gasteiger partial charge in [0.05, 0.1) is 13.2 Å². The van der Waals surface area contributed by atoms with Crippen molar-refractivity contribution >= 4 is 32.3 Å². The number of aromatic nitrogens is 2. The minimum atomic E-state index is -1.17. The highest BCUT2D eigenvalue weighted by Gasteiger charge is 2.45. The summed E-state index contributed by atoms with van der Waals surface area (Å²) < 4.78 is 13.2. The van der Waals surface area contributed by atoms with Crippen LogP contribution in [0, 0.1) is 5.41 Å². The average molecular weight is 529 g/mol. The van der Waals surface area contributed by atoms with Gasteiger partial charge in [0.1, 0.15) is 18.3 Å². The standard InChI is InChI=1S/C31H32N2O6/c1-31(2,3)14-17-12-19-6-4-18-5-7-21(22-9-8-20(13-17)25(19)26(18)22)16-38-28-27(36)23(15-34)39-29(28)33-11-10-24(35)32-30(33)37/h4-13,23,27-29,34,36H,14-16H2,1-3H3,(H,32,35,37)/t23-,27-,28-,29-/m1/s1. The highest BCUT2D eigenvalue weighted by molar-refractivity contribution is 6.23. The largest absolute Gasteiger partial charge is 0.394 e. The molecule has 1 saturated heterocycles. The van der Waals surface area contributed by atoms with E-state index in [4.69, 9.17) is 9.47 Å². The lowest BCUT2D eigenvalue weighted by Crippen LogP contribution is -2.39. The number of rotatable bonds is 6. The van der Waals surface area contributed by atoms with Crippen LogP contribution in [-0.2, 0) is 22.5 Å². The summed E-state index contributed by atoms with van der Waals surface area (Å²) in [5, 5.41) is 27.5. The van der Waals surface area contributed by atoms with Gasteiger partial charge in [-0.15, -0.1) is 0 Å². The number of H-pyrrole nitrogens is 1. The molecule has 5 aromatic rings. The molecule has 8 nitrogen and oxygen atoms in total. The van der Waals surface area contributed by atoms with Gasteiger partial charge in [0.25, 0.3) is 5.56 Å². The molecule has 202 valence electrons. The third-order valence-electron chi connectivity index (χ3n) is 7.53. The quantitative estimate of drug-likeness (QED) is 0.289. The monoisotopic (exact) mass is 528 g/mol. The molecule has 1 aromatic heterocycles. The Bertz CT molecular complexity index is 1760. The Balaban J connectivity index is 1.37. The Morgan fingerprint density at radius 3 is 2.36 bits per heavy atom. The van der Waals surface area contributed by atoms with Crippen molar-refractivity contribution < 1.29 is 19.7 Å². The molecule has 0 spiro atoms. The molecule has 0 radical (unpaired) electrons. The molecule has 0 unspecified atom stereocenters. The second kappa shape index (κ2) is 9.57. The van der Waals surface area contributed by atoms with Crippen molar-refractivity contribution in [2.45, 2.75) is 58.3 Å². The summed E-state index contributed by atoms with van der Waals surface area (Å²) in [5.74, 6) is 0. The Morgan fingerprint density at radius 2 is 1.67 bits per heavy atom. The first-order valence-corrected chi connectivity index (χ1v) is 13.2. The van der Waals surface area contributed by atoms with Crippen molar-refractivity contribution in [2.75, 3.05) is 6.61 Å². The second-order valence-corrected chi connectivity index (χ2v) is 11.7. The smallest absolute Gasteiger partial charge is 0.330 e. The zero-order valence-electron chi connectivity index (χ0n) is 22.2. The van der Waals surface area contributed by atoms with Gasteiger partial charge < -0.3 is 19.7 Å². The molecule has 0 aliphatic carbocycles. The number of hydrogen-bond acceptors (Lipinski definition) is 6. The van der Waals surface area contributed by atoms with E-state index in [9.17, 15) is 19.8 Å². The SMILES string of the molecule is CC(C)(C)Cc1cc2ccc3ccc(CO[C@@H]4[C@H](O)[C@@H](CO)O[C@H]4n4ccc(=O)[nH]c4=O)c4ccc(c1)c2c34. The predicted molar refractivity (Wildman–Crippen MR) is 150 cm³/mol. The van der Waals surface area contributed by atoms with Gasteiger partial charge in [-0.2, -0.15) is 0 Å². The Labute approximate surface area is 224 Å². The number of aromatic amines is 1. The normalized spacial score (nSPS) is 22.0. The zero-order chi connectivity index (χ0) is 27.5. The van der Waals surface area contributed by atoms with Crippen LogP contribution in [0.4, 0.5) is 0 Å². The summed E-state index contributed by atoms with van der Waals surface area (Å²) in [6, 6.07) is 18.4. The molecule has 0 saturated carbocycles. The highest BCUT2D eigenvalue weighted by Crippen LogP contribution is 2.38. The fourth-order valence-electron chi connectivity index (χ4n) is 5.87. The molecule has 1 aliphatic heterocycles. The van der Waals surface area contributed by atoms with Gasteiger partial charge in [0.2, 0.25) is 0 Å². The van der Waals surface area contributed by atoms with Crippen molar-refractivity contribution in [3.8, 4) is 0 Å². The molecule has 39 heavy (non-hydrogen) atoms. The Morgan fingerprint density at radius 1 is 0.974 bits per heavy atom. The molecular weight excluding hydrogens is 496 g/mol. The maximum atomic E-state index is 12.4. The number of hydrogen-bond donors (Lipinski definition) is 3. The lowest BCUT2D eigenvalue weighted by Gasteiger charge is -2.23. The van der Waals surface area contributed by atoms with E-state index >= 15 is 0 Å². The van der Waals surface area contributed by atoms with E-state index < -0.39 is 42.4 Å². The summed E-state index contributed by atoms with van der Waals surface area (Å²) in [4.78, 5) is 26.2. The molecule has 4 atom stereocenters. The van der Waals surface area contributed by atoms with Gasteiger partial charge in [-0.05, 0) is 55.3 Å². The van der Waals surface area contributed by atoms with Crippen LogP contribution in [0.3, 0.4) is 0 Å². The first-order chi connectivity index (χ1) is 18.6. The molecule has 6 rings (SSSR count). The summed E-state index contributed by atoms with van der Waals surface area (Å²) in [5.41, 5.74) is 1.22. The van der Waals surface area contributed by atoms with E-state index in [1.807, 2.05) is 6.07 Å². The van der Waals surface area contributed by atoms with Gasteiger partial charge in [0.15, 0.2) is 6.23 Å². The Kier molecular flexibility index (Phi) is 6.31. The van der Waals surface area contributed by atoms with Gasteiger partial charge >= 0.3 is 5.69 Å². The predicted octanol–water partition coefficient (Wildman–Crippen LogP) is 3.86. The van der Waals surface area contributed by atoms with Crippen LogP contribution in [0.15, 0.2) is 70.4 Å². The number of aliphatic hydroxyl groups excluding tert-OH is 2. The van der Waals surface area contributed by atoms with Crippen LogP contribution < -0.4 is 11.2 Å².